The molecule has 1 aliphatic rings. The molecule has 0 aliphatic carbocycles. The van der Waals surface area contributed by atoms with Crippen molar-refractivity contribution >= 4 is 18.2 Å². The van der Waals surface area contributed by atoms with Crippen LogP contribution >= 0.6 is 0 Å². The molecule has 1 heterocycles. The highest BCUT2D eigenvalue weighted by Crippen LogP contribution is 2.13. The average molecular weight is 243 g/mol. The molecular weight excluding hydrogens is 226 g/mol. The van der Waals surface area contributed by atoms with E-state index < -0.39 is 23.6 Å². The molecule has 0 saturated carbocycles. The van der Waals surface area contributed by atoms with Gasteiger partial charge < -0.3 is 14.4 Å². The van der Waals surface area contributed by atoms with Gasteiger partial charge in [0.25, 0.3) is 0 Å². The molecular formula is C11H17NO5. The third kappa shape index (κ3) is 4.14. The van der Waals surface area contributed by atoms with E-state index in [4.69, 9.17) is 9.47 Å². The van der Waals surface area contributed by atoms with Crippen molar-refractivity contribution in [3.63, 3.8) is 0 Å². The zero-order valence-electron chi connectivity index (χ0n) is 10.3. The fourth-order valence-corrected chi connectivity index (χ4v) is 1.39. The number of hydrogen-bond acceptors (Lipinski definition) is 5. The highest BCUT2D eigenvalue weighted by atomic mass is 16.6. The third-order valence-corrected chi connectivity index (χ3v) is 2.15. The van der Waals surface area contributed by atoms with Gasteiger partial charge in [-0.25, -0.2) is 4.79 Å². The topological polar surface area (TPSA) is 72.9 Å². The van der Waals surface area contributed by atoms with E-state index >= 15 is 0 Å². The summed E-state index contributed by atoms with van der Waals surface area (Å²) in [6, 6.07) is 0. The van der Waals surface area contributed by atoms with Crippen molar-refractivity contribution in [2.45, 2.75) is 32.5 Å². The second-order valence-corrected chi connectivity index (χ2v) is 4.81. The van der Waals surface area contributed by atoms with Crippen LogP contribution in [-0.2, 0) is 19.1 Å². The number of ketones is 1. The Labute approximate surface area is 99.9 Å². The Hall–Kier alpha value is -1.43. The first-order valence-electron chi connectivity index (χ1n) is 5.42. The van der Waals surface area contributed by atoms with E-state index in [0.717, 1.165) is 0 Å². The van der Waals surface area contributed by atoms with E-state index in [9.17, 15) is 14.4 Å². The molecule has 0 bridgehead atoms. The lowest BCUT2D eigenvalue weighted by Crippen LogP contribution is -2.50. The lowest BCUT2D eigenvalue weighted by Gasteiger charge is -2.32. The summed E-state index contributed by atoms with van der Waals surface area (Å²) in [6.45, 7) is 5.94. The van der Waals surface area contributed by atoms with Gasteiger partial charge in [0.1, 0.15) is 11.7 Å². The van der Waals surface area contributed by atoms with Crippen LogP contribution in [0.1, 0.15) is 20.8 Å². The summed E-state index contributed by atoms with van der Waals surface area (Å²) in [7, 11) is 0. The molecule has 1 rings (SSSR count). The Morgan fingerprint density at radius 2 is 2.06 bits per heavy atom. The highest BCUT2D eigenvalue weighted by Gasteiger charge is 2.31. The maximum atomic E-state index is 11.7. The predicted octanol–water partition coefficient (Wildman–Crippen LogP) is 0.390. The van der Waals surface area contributed by atoms with E-state index in [1.165, 1.54) is 4.90 Å². The minimum absolute atomic E-state index is 0.0620. The van der Waals surface area contributed by atoms with E-state index in [2.05, 4.69) is 0 Å². The van der Waals surface area contributed by atoms with Crippen LogP contribution < -0.4 is 0 Å². The Morgan fingerprint density at radius 1 is 1.41 bits per heavy atom. The molecule has 0 aromatic heterocycles. The van der Waals surface area contributed by atoms with Crippen molar-refractivity contribution in [3.05, 3.63) is 0 Å². The first kappa shape index (κ1) is 13.6. The number of carbonyl (C=O) groups is 3. The Kier molecular flexibility index (Phi) is 4.22. The van der Waals surface area contributed by atoms with E-state index in [0.29, 0.717) is 6.54 Å². The zero-order valence-corrected chi connectivity index (χ0v) is 10.3. The maximum absolute atomic E-state index is 11.7. The van der Waals surface area contributed by atoms with Crippen LogP contribution in [0.4, 0.5) is 4.79 Å². The number of aldehydes is 1. The molecule has 6 nitrogen and oxygen atoms in total. The molecule has 1 saturated heterocycles. The molecule has 0 unspecified atom stereocenters. The van der Waals surface area contributed by atoms with Gasteiger partial charge in [-0.2, -0.15) is 0 Å². The normalized spacial score (nSPS) is 20.9. The fraction of sp³-hybridized carbons (Fsp3) is 0.727. The van der Waals surface area contributed by atoms with Crippen molar-refractivity contribution in [2.75, 3.05) is 19.7 Å². The molecule has 0 aromatic rings. The zero-order chi connectivity index (χ0) is 13.1. The van der Waals surface area contributed by atoms with E-state index in [-0.39, 0.29) is 19.4 Å². The van der Waals surface area contributed by atoms with Crippen LogP contribution in [0.15, 0.2) is 0 Å². The minimum atomic E-state index is -0.867. The van der Waals surface area contributed by atoms with Gasteiger partial charge in [-0.1, -0.05) is 0 Å². The van der Waals surface area contributed by atoms with Gasteiger partial charge in [-0.3, -0.25) is 9.59 Å². The van der Waals surface area contributed by atoms with Gasteiger partial charge in [0.15, 0.2) is 6.29 Å². The molecule has 17 heavy (non-hydrogen) atoms. The standard InChI is InChI=1S/C11H17NO5/c1-11(2,3)17-10(15)12-4-5-16-9(6-12)8(14)7-13/h7,9H,4-6H2,1-3H3/t9-/m1/s1. The lowest BCUT2D eigenvalue weighted by molar-refractivity contribution is -0.141. The summed E-state index contributed by atoms with van der Waals surface area (Å²) in [5, 5.41) is 0. The number of amides is 1. The van der Waals surface area contributed by atoms with Crippen molar-refractivity contribution in [1.29, 1.82) is 0 Å². The van der Waals surface area contributed by atoms with Crippen molar-refractivity contribution in [2.24, 2.45) is 0 Å². The first-order valence-corrected chi connectivity index (χ1v) is 5.42. The summed E-state index contributed by atoms with van der Waals surface area (Å²) in [4.78, 5) is 34.6. The molecule has 0 radical (unpaired) electrons. The quantitative estimate of drug-likeness (QED) is 0.518. The number of rotatable bonds is 2. The monoisotopic (exact) mass is 243 g/mol. The SMILES string of the molecule is CC(C)(C)OC(=O)N1CCO[C@@H](C(=O)C=O)C1. The number of morpholine rings is 1. The van der Waals surface area contributed by atoms with Crippen LogP contribution in [-0.4, -0.2) is 54.5 Å². The van der Waals surface area contributed by atoms with E-state index in [1.54, 1.807) is 20.8 Å². The Balaban J connectivity index is 2.57. The number of ether oxygens (including phenoxy) is 2. The molecule has 0 N–H and O–H groups in total. The summed E-state index contributed by atoms with van der Waals surface area (Å²) >= 11 is 0. The summed E-state index contributed by atoms with van der Waals surface area (Å²) in [6.07, 6.45) is -1.15. The summed E-state index contributed by atoms with van der Waals surface area (Å²) < 4.78 is 10.3. The summed E-state index contributed by atoms with van der Waals surface area (Å²) in [5.41, 5.74) is -0.584. The van der Waals surface area contributed by atoms with Crippen molar-refractivity contribution < 1.29 is 23.9 Å². The average Bonchev–Trinajstić information content (AvgIpc) is 2.26. The first-order chi connectivity index (χ1) is 7.83. The van der Waals surface area contributed by atoms with Crippen LogP contribution in [0, 0.1) is 0 Å². The maximum Gasteiger partial charge on any atom is 0.410 e. The Morgan fingerprint density at radius 3 is 2.59 bits per heavy atom. The predicted molar refractivity (Wildman–Crippen MR) is 58.6 cm³/mol. The van der Waals surface area contributed by atoms with Gasteiger partial charge in [-0.15, -0.1) is 0 Å². The third-order valence-electron chi connectivity index (χ3n) is 2.15. The second-order valence-electron chi connectivity index (χ2n) is 4.81. The van der Waals surface area contributed by atoms with Gasteiger partial charge in [-0.05, 0) is 20.8 Å². The van der Waals surface area contributed by atoms with Crippen molar-refractivity contribution in [1.82, 2.24) is 4.90 Å². The lowest BCUT2D eigenvalue weighted by atomic mass is 10.2. The molecule has 96 valence electrons. The van der Waals surface area contributed by atoms with Gasteiger partial charge in [0.05, 0.1) is 13.2 Å². The summed E-state index contributed by atoms with van der Waals surface area (Å²) in [5.74, 6) is -0.654. The van der Waals surface area contributed by atoms with Crippen LogP contribution in [0.3, 0.4) is 0 Å². The molecule has 6 heteroatoms. The smallest absolute Gasteiger partial charge is 0.410 e. The molecule has 1 fully saturated rings. The van der Waals surface area contributed by atoms with Crippen LogP contribution in [0.2, 0.25) is 0 Å². The fourth-order valence-electron chi connectivity index (χ4n) is 1.39. The van der Waals surface area contributed by atoms with Gasteiger partial charge in [0, 0.05) is 6.54 Å². The van der Waals surface area contributed by atoms with Crippen molar-refractivity contribution in [3.8, 4) is 0 Å². The molecule has 1 atom stereocenters. The number of nitrogens with zero attached hydrogens (tertiary/aromatic N) is 1. The minimum Gasteiger partial charge on any atom is -0.444 e. The largest absolute Gasteiger partial charge is 0.444 e. The van der Waals surface area contributed by atoms with Crippen LogP contribution in [0.5, 0.6) is 0 Å². The van der Waals surface area contributed by atoms with Gasteiger partial charge in [0.2, 0.25) is 5.78 Å². The van der Waals surface area contributed by atoms with E-state index in [1.807, 2.05) is 0 Å². The number of hydrogen-bond donors (Lipinski definition) is 0. The van der Waals surface area contributed by atoms with Gasteiger partial charge >= 0.3 is 6.09 Å². The highest BCUT2D eigenvalue weighted by molar-refractivity contribution is 6.27. The Bertz CT molecular complexity index is 320. The second kappa shape index (κ2) is 5.27. The molecule has 1 amide bonds. The number of Topliss-reactive ketones (excluding diaryl/α,β-unsaturated/α-hetero) is 1. The molecule has 0 aromatic carbocycles. The molecule has 0 spiro atoms. The number of carbonyl (C=O) groups excluding carboxylic acids is 3. The van der Waals surface area contributed by atoms with Crippen LogP contribution in [0.25, 0.3) is 0 Å². The molecule has 1 aliphatic heterocycles.